The third-order valence-corrected chi connectivity index (χ3v) is 9.95. The molecule has 0 radical (unpaired) electrons. The Balaban J connectivity index is 0.000000563. The van der Waals surface area contributed by atoms with E-state index in [2.05, 4.69) is 0 Å². The molecule has 19 heteroatoms. The van der Waals surface area contributed by atoms with Crippen LogP contribution in [0.1, 0.15) is 41.5 Å². The van der Waals surface area contributed by atoms with E-state index in [0.29, 0.717) is 0 Å². The van der Waals surface area contributed by atoms with Crippen LogP contribution in [0, 0.1) is 16.2 Å². The maximum absolute atomic E-state index is 11.5. The zero-order valence-corrected chi connectivity index (χ0v) is 27.2. The second-order valence-electron chi connectivity index (χ2n) is 11.6. The molecule has 0 saturated carbocycles. The molecular formula is C21H36AlO15P3. The summed E-state index contributed by atoms with van der Waals surface area (Å²) in [4.78, 5) is 30.6. The molecular weight excluding hydrogens is 612 g/mol. The number of rotatable bonds is 6. The average molecular weight is 648 g/mol. The summed E-state index contributed by atoms with van der Waals surface area (Å²) in [6.45, 7) is 12.8. The minimum absolute atomic E-state index is 0. The molecule has 3 fully saturated rings. The minimum Gasteiger partial charge on any atom is -0.549 e. The van der Waals surface area contributed by atoms with E-state index in [-0.39, 0.29) is 73.2 Å². The Bertz CT molecular complexity index is 872. The second kappa shape index (κ2) is 15.2. The molecule has 3 aliphatic rings. The third kappa shape index (κ3) is 15.6. The Morgan fingerprint density at radius 2 is 0.650 bits per heavy atom. The van der Waals surface area contributed by atoms with Gasteiger partial charge in [0.2, 0.25) is 0 Å². The van der Waals surface area contributed by atoms with Gasteiger partial charge in [-0.3, -0.25) is 13.7 Å². The van der Waals surface area contributed by atoms with E-state index in [1.54, 1.807) is 0 Å². The van der Waals surface area contributed by atoms with Crippen molar-refractivity contribution in [1.82, 2.24) is 0 Å². The standard InChI is InChI=1S/3C7H13O5P.Al/c3*1-7(2)4-11-13(10,12-5-7)3-6(8)9;/h3*3-5H2,1-2H3,(H,8,9);/q;;;+3/p-3. The van der Waals surface area contributed by atoms with E-state index in [1.165, 1.54) is 0 Å². The first-order chi connectivity index (χ1) is 17.5. The van der Waals surface area contributed by atoms with Gasteiger partial charge in [-0.1, -0.05) is 41.5 Å². The molecule has 228 valence electrons. The molecule has 0 atom stereocenters. The number of hydrogen-bond acceptors (Lipinski definition) is 15. The fourth-order valence-corrected chi connectivity index (χ4v) is 7.62. The summed E-state index contributed by atoms with van der Waals surface area (Å²) in [6.07, 6.45) is -1.99. The van der Waals surface area contributed by atoms with Crippen LogP contribution in [0.3, 0.4) is 0 Å². The Hall–Kier alpha value is -0.608. The van der Waals surface area contributed by atoms with Crippen LogP contribution in [0.15, 0.2) is 0 Å². The summed E-state index contributed by atoms with van der Waals surface area (Å²) >= 11 is 0. The molecule has 3 aliphatic heterocycles. The van der Waals surface area contributed by atoms with Gasteiger partial charge in [-0.05, 0) is 0 Å². The van der Waals surface area contributed by atoms with Gasteiger partial charge < -0.3 is 56.8 Å². The first-order valence-corrected chi connectivity index (χ1v) is 16.9. The number of carboxylic acids is 3. The Morgan fingerprint density at radius 3 is 0.775 bits per heavy atom. The maximum atomic E-state index is 11.5. The molecule has 0 aliphatic carbocycles. The van der Waals surface area contributed by atoms with Gasteiger partial charge in [-0.2, -0.15) is 0 Å². The van der Waals surface area contributed by atoms with Crippen molar-refractivity contribution in [2.75, 3.05) is 58.1 Å². The van der Waals surface area contributed by atoms with E-state index in [1.807, 2.05) is 41.5 Å². The van der Waals surface area contributed by atoms with E-state index in [4.69, 9.17) is 27.1 Å². The minimum atomic E-state index is -3.41. The van der Waals surface area contributed by atoms with Crippen molar-refractivity contribution in [2.45, 2.75) is 41.5 Å². The Kier molecular flexibility index (Phi) is 15.0. The first-order valence-electron chi connectivity index (χ1n) is 11.7. The van der Waals surface area contributed by atoms with Crippen LogP contribution in [-0.4, -0.2) is 93.4 Å². The molecule has 0 aromatic heterocycles. The van der Waals surface area contributed by atoms with Gasteiger partial charge in [0.05, 0.1) is 76.0 Å². The summed E-state index contributed by atoms with van der Waals surface area (Å²) < 4.78 is 63.8. The molecule has 0 aromatic rings. The summed E-state index contributed by atoms with van der Waals surface area (Å²) in [5.41, 5.74) is -0.625. The van der Waals surface area contributed by atoms with Gasteiger partial charge >= 0.3 is 40.1 Å². The summed E-state index contributed by atoms with van der Waals surface area (Å²) in [5, 5.41) is 30.6. The molecule has 0 N–H and O–H groups in total. The van der Waals surface area contributed by atoms with Gasteiger partial charge in [0.15, 0.2) is 0 Å². The fourth-order valence-electron chi connectivity index (χ4n) is 2.62. The number of carbonyl (C=O) groups excluding carboxylic acids is 3. The average Bonchev–Trinajstić information content (AvgIpc) is 2.75. The van der Waals surface area contributed by atoms with Crippen LogP contribution in [0.2, 0.25) is 0 Å². The topological polar surface area (TPSA) is 227 Å². The molecule has 0 bridgehead atoms. The number of carboxylic acid groups (broad SMARTS) is 3. The van der Waals surface area contributed by atoms with E-state index in [9.17, 15) is 43.4 Å². The Labute approximate surface area is 244 Å². The van der Waals surface area contributed by atoms with Gasteiger partial charge in [0, 0.05) is 16.2 Å². The van der Waals surface area contributed by atoms with Gasteiger partial charge in [-0.15, -0.1) is 0 Å². The maximum Gasteiger partial charge on any atom is 3.00 e. The van der Waals surface area contributed by atoms with Crippen LogP contribution in [0.25, 0.3) is 0 Å². The van der Waals surface area contributed by atoms with Crippen molar-refractivity contribution in [3.8, 4) is 0 Å². The fraction of sp³-hybridized carbons (Fsp3) is 0.857. The zero-order valence-electron chi connectivity index (χ0n) is 23.4. The molecule has 15 nitrogen and oxygen atoms in total. The van der Waals surface area contributed by atoms with E-state index < -0.39 is 59.2 Å². The summed E-state index contributed by atoms with van der Waals surface area (Å²) in [6, 6.07) is 0. The van der Waals surface area contributed by atoms with Crippen LogP contribution in [-0.2, 0) is 55.2 Å². The number of carbonyl (C=O) groups is 3. The predicted molar refractivity (Wildman–Crippen MR) is 135 cm³/mol. The molecule has 3 saturated heterocycles. The smallest absolute Gasteiger partial charge is 0.549 e. The SMILES string of the molecule is CC1(C)COP(=O)(CC(=O)[O-])OC1.CC1(C)COP(=O)(CC(=O)[O-])OC1.CC1(C)COP(=O)(CC(=O)[O-])OC1.[Al+3]. The third-order valence-electron chi connectivity index (χ3n) is 4.88. The van der Waals surface area contributed by atoms with Crippen molar-refractivity contribution < 1.29 is 70.5 Å². The monoisotopic (exact) mass is 648 g/mol. The summed E-state index contributed by atoms with van der Waals surface area (Å²) in [7, 11) is -10.2. The largest absolute Gasteiger partial charge is 3.00 e. The van der Waals surface area contributed by atoms with Crippen molar-refractivity contribution in [1.29, 1.82) is 0 Å². The van der Waals surface area contributed by atoms with Crippen molar-refractivity contribution in [2.24, 2.45) is 16.2 Å². The van der Waals surface area contributed by atoms with Crippen LogP contribution in [0.4, 0.5) is 0 Å². The van der Waals surface area contributed by atoms with Crippen molar-refractivity contribution in [3.63, 3.8) is 0 Å². The molecule has 40 heavy (non-hydrogen) atoms. The van der Waals surface area contributed by atoms with Gasteiger partial charge in [0.1, 0.15) is 0 Å². The molecule has 0 aromatic carbocycles. The predicted octanol–water partition coefficient (Wildman–Crippen LogP) is -0.374. The van der Waals surface area contributed by atoms with Crippen molar-refractivity contribution in [3.05, 3.63) is 0 Å². The zero-order chi connectivity index (χ0) is 30.3. The van der Waals surface area contributed by atoms with Gasteiger partial charge in [-0.25, -0.2) is 0 Å². The van der Waals surface area contributed by atoms with E-state index >= 15 is 0 Å². The van der Waals surface area contributed by atoms with Crippen molar-refractivity contribution >= 4 is 58.1 Å². The molecule has 0 amide bonds. The second-order valence-corrected chi connectivity index (χ2v) is 17.7. The van der Waals surface area contributed by atoms with Crippen LogP contribution in [0.5, 0.6) is 0 Å². The quantitative estimate of drug-likeness (QED) is 0.264. The molecule has 3 heterocycles. The Morgan fingerprint density at radius 1 is 0.500 bits per heavy atom. The van der Waals surface area contributed by atoms with Crippen LogP contribution < -0.4 is 15.3 Å². The number of hydrogen-bond donors (Lipinski definition) is 0. The normalized spacial score (nSPS) is 24.8. The van der Waals surface area contributed by atoms with E-state index in [0.717, 1.165) is 0 Å². The van der Waals surface area contributed by atoms with Crippen LogP contribution >= 0.6 is 22.8 Å². The molecule has 0 unspecified atom stereocenters. The first kappa shape index (κ1) is 39.4. The number of aliphatic carboxylic acids is 3. The van der Waals surface area contributed by atoms with Gasteiger partial charge in [0.25, 0.3) is 0 Å². The summed E-state index contributed by atoms with van der Waals surface area (Å²) in [5.74, 6) is -4.24. The molecule has 0 spiro atoms. The molecule has 3 rings (SSSR count).